The highest BCUT2D eigenvalue weighted by Crippen LogP contribution is 2.38. The molecule has 0 aliphatic heterocycles. The summed E-state index contributed by atoms with van der Waals surface area (Å²) in [6, 6.07) is -0.876. The van der Waals surface area contributed by atoms with Gasteiger partial charge in [-0.1, -0.05) is 154 Å². The molecule has 0 aliphatic carbocycles. The van der Waals surface area contributed by atoms with Crippen LogP contribution in [0.3, 0.4) is 0 Å². The van der Waals surface area contributed by atoms with E-state index in [1.807, 2.05) is 27.2 Å². The number of unbranched alkanes of at least 4 members (excludes halogenated alkanes) is 21. The fourth-order valence-electron chi connectivity index (χ4n) is 5.39. The average Bonchev–Trinajstić information content (AvgIpc) is 2.99. The van der Waals surface area contributed by atoms with Gasteiger partial charge in [-0.15, -0.1) is 0 Å². The van der Waals surface area contributed by atoms with Crippen LogP contribution in [0.15, 0.2) is 12.2 Å². The molecule has 0 saturated carbocycles. The van der Waals surface area contributed by atoms with E-state index in [0.29, 0.717) is 17.4 Å². The molecule has 0 spiro atoms. The number of allylic oxidation sites excluding steroid dienone is 1. The van der Waals surface area contributed by atoms with Gasteiger partial charge in [0.1, 0.15) is 13.2 Å². The third kappa shape index (κ3) is 31.8. The Labute approximate surface area is 284 Å². The summed E-state index contributed by atoms with van der Waals surface area (Å²) in [5, 5.41) is 13.6. The molecule has 0 radical (unpaired) electrons. The van der Waals surface area contributed by atoms with Gasteiger partial charge in [0.2, 0.25) is 5.91 Å². The van der Waals surface area contributed by atoms with Crippen LogP contribution in [0.5, 0.6) is 0 Å². The number of phosphoric ester groups is 1. The largest absolute Gasteiger partial charge is 0.756 e. The maximum atomic E-state index is 12.7. The second kappa shape index (κ2) is 30.3. The van der Waals surface area contributed by atoms with Crippen LogP contribution in [0, 0.1) is 0 Å². The number of hydrogen-bond donors (Lipinski definition) is 2. The number of nitrogens with zero attached hydrogens (tertiary/aromatic N) is 1. The van der Waals surface area contributed by atoms with E-state index < -0.39 is 20.0 Å². The normalized spacial score (nSPS) is 14.8. The fraction of sp³-hybridized carbons (Fsp3) is 0.919. The summed E-state index contributed by atoms with van der Waals surface area (Å²) in [5.74, 6) is -0.201. The number of quaternary nitrogens is 1. The standard InChI is InChI=1S/C37H75N2O6P/c1-6-8-10-12-14-15-16-17-18-19-20-21-22-23-25-27-29-31-37(41)38-35(36(40)30-28-26-24-13-11-9-7-2)34-45-46(42,43)44-33-32-39(3,4)5/h28,30,35-36,40H,6-27,29,31-34H2,1-5H3,(H-,38,41,42,43)/b30-28+. The Bertz CT molecular complexity index is 773. The number of nitrogens with one attached hydrogen (secondary N) is 1. The Balaban J connectivity index is 4.32. The van der Waals surface area contributed by atoms with Gasteiger partial charge < -0.3 is 28.8 Å². The quantitative estimate of drug-likeness (QED) is 0.0305. The predicted octanol–water partition coefficient (Wildman–Crippen LogP) is 9.00. The Morgan fingerprint density at radius 2 is 1.17 bits per heavy atom. The lowest BCUT2D eigenvalue weighted by Crippen LogP contribution is -2.45. The Hall–Kier alpha value is -0.760. The SMILES string of the molecule is CCCCCCC/C=C/C(O)C(COP(=O)([O-])OCC[N+](C)(C)C)NC(=O)CCCCCCCCCCCCCCCCCCC. The molecule has 0 heterocycles. The van der Waals surface area contributed by atoms with E-state index in [4.69, 9.17) is 9.05 Å². The highest BCUT2D eigenvalue weighted by molar-refractivity contribution is 7.45. The second-order valence-electron chi connectivity index (χ2n) is 14.3. The molecule has 0 aliphatic rings. The predicted molar refractivity (Wildman–Crippen MR) is 192 cm³/mol. The molecule has 0 fully saturated rings. The molecule has 0 aromatic rings. The minimum atomic E-state index is -4.57. The van der Waals surface area contributed by atoms with Crippen LogP contribution in [0.1, 0.15) is 168 Å². The zero-order valence-electron chi connectivity index (χ0n) is 30.8. The molecule has 8 nitrogen and oxygen atoms in total. The number of aliphatic hydroxyl groups excluding tert-OH is 1. The van der Waals surface area contributed by atoms with Crippen LogP contribution in [0.4, 0.5) is 0 Å². The van der Waals surface area contributed by atoms with Crippen LogP contribution in [-0.4, -0.2) is 68.5 Å². The summed E-state index contributed by atoms with van der Waals surface area (Å²) in [6.45, 7) is 4.58. The smallest absolute Gasteiger partial charge is 0.268 e. The Kier molecular flexibility index (Phi) is 29.8. The minimum absolute atomic E-state index is 0.00109. The highest BCUT2D eigenvalue weighted by Gasteiger charge is 2.23. The molecule has 9 heteroatoms. The van der Waals surface area contributed by atoms with E-state index in [9.17, 15) is 19.4 Å². The molecular formula is C37H75N2O6P. The number of amides is 1. The van der Waals surface area contributed by atoms with Crippen LogP contribution in [0.2, 0.25) is 0 Å². The van der Waals surface area contributed by atoms with Crippen LogP contribution >= 0.6 is 7.82 Å². The minimum Gasteiger partial charge on any atom is -0.756 e. The van der Waals surface area contributed by atoms with E-state index in [1.54, 1.807) is 6.08 Å². The zero-order chi connectivity index (χ0) is 34.4. The van der Waals surface area contributed by atoms with Crippen molar-refractivity contribution in [2.75, 3.05) is 40.9 Å². The lowest BCUT2D eigenvalue weighted by Gasteiger charge is -2.29. The summed E-state index contributed by atoms with van der Waals surface area (Å²) in [6.07, 6.45) is 31.3. The van der Waals surface area contributed by atoms with Gasteiger partial charge in [0.15, 0.2) is 0 Å². The van der Waals surface area contributed by atoms with Crippen LogP contribution in [-0.2, 0) is 18.4 Å². The average molecular weight is 675 g/mol. The number of rotatable bonds is 34. The Morgan fingerprint density at radius 3 is 1.63 bits per heavy atom. The number of hydrogen-bond acceptors (Lipinski definition) is 6. The molecule has 46 heavy (non-hydrogen) atoms. The van der Waals surface area contributed by atoms with Crippen molar-refractivity contribution in [3.63, 3.8) is 0 Å². The lowest BCUT2D eigenvalue weighted by molar-refractivity contribution is -0.870. The molecule has 0 rings (SSSR count). The molecule has 274 valence electrons. The lowest BCUT2D eigenvalue weighted by atomic mass is 10.0. The van der Waals surface area contributed by atoms with Crippen molar-refractivity contribution < 1.29 is 32.9 Å². The van der Waals surface area contributed by atoms with Crippen molar-refractivity contribution in [3.05, 3.63) is 12.2 Å². The van der Waals surface area contributed by atoms with Gasteiger partial charge in [-0.05, 0) is 19.3 Å². The first-order valence-electron chi connectivity index (χ1n) is 19.1. The number of aliphatic hydroxyl groups is 1. The van der Waals surface area contributed by atoms with Gasteiger partial charge in [0.25, 0.3) is 7.82 Å². The van der Waals surface area contributed by atoms with E-state index in [2.05, 4.69) is 19.2 Å². The highest BCUT2D eigenvalue weighted by atomic mass is 31.2. The van der Waals surface area contributed by atoms with Crippen molar-refractivity contribution in [1.29, 1.82) is 0 Å². The molecule has 0 aromatic carbocycles. The summed E-state index contributed by atoms with van der Waals surface area (Å²) >= 11 is 0. The van der Waals surface area contributed by atoms with E-state index >= 15 is 0 Å². The maximum absolute atomic E-state index is 12.7. The van der Waals surface area contributed by atoms with Gasteiger partial charge in [-0.2, -0.15) is 0 Å². The molecule has 0 aromatic heterocycles. The van der Waals surface area contributed by atoms with Gasteiger partial charge in [-0.25, -0.2) is 0 Å². The van der Waals surface area contributed by atoms with Gasteiger partial charge >= 0.3 is 0 Å². The van der Waals surface area contributed by atoms with Crippen molar-refractivity contribution in [2.24, 2.45) is 0 Å². The first-order chi connectivity index (χ1) is 22.0. The van der Waals surface area contributed by atoms with Crippen molar-refractivity contribution in [1.82, 2.24) is 5.32 Å². The van der Waals surface area contributed by atoms with Crippen molar-refractivity contribution >= 4 is 13.7 Å². The summed E-state index contributed by atoms with van der Waals surface area (Å²) in [5.41, 5.74) is 0. The van der Waals surface area contributed by atoms with Crippen molar-refractivity contribution in [3.8, 4) is 0 Å². The molecular weight excluding hydrogens is 599 g/mol. The monoisotopic (exact) mass is 675 g/mol. The zero-order valence-corrected chi connectivity index (χ0v) is 31.7. The topological polar surface area (TPSA) is 108 Å². The molecule has 2 N–H and O–H groups in total. The molecule has 0 bridgehead atoms. The second-order valence-corrected chi connectivity index (χ2v) is 15.7. The van der Waals surface area contributed by atoms with E-state index in [0.717, 1.165) is 38.5 Å². The summed E-state index contributed by atoms with van der Waals surface area (Å²) in [4.78, 5) is 25.0. The van der Waals surface area contributed by atoms with Crippen LogP contribution < -0.4 is 10.2 Å². The number of phosphoric acid groups is 1. The first-order valence-corrected chi connectivity index (χ1v) is 20.5. The molecule has 1 amide bonds. The fourth-order valence-corrected chi connectivity index (χ4v) is 6.11. The van der Waals surface area contributed by atoms with Gasteiger partial charge in [0.05, 0.1) is 39.9 Å². The third-order valence-corrected chi connectivity index (χ3v) is 9.46. The van der Waals surface area contributed by atoms with Crippen molar-refractivity contribution in [2.45, 2.75) is 180 Å². The number of likely N-dealkylation sites (N-methyl/N-ethyl adjacent to an activating group) is 1. The number of carbonyl (C=O) groups is 1. The Morgan fingerprint density at radius 1 is 0.739 bits per heavy atom. The molecule has 3 atom stereocenters. The van der Waals surface area contributed by atoms with Gasteiger partial charge in [0, 0.05) is 6.42 Å². The third-order valence-electron chi connectivity index (χ3n) is 8.50. The maximum Gasteiger partial charge on any atom is 0.268 e. The summed E-state index contributed by atoms with van der Waals surface area (Å²) < 4.78 is 23.0. The first kappa shape index (κ1) is 45.2. The van der Waals surface area contributed by atoms with E-state index in [1.165, 1.54) is 109 Å². The summed E-state index contributed by atoms with van der Waals surface area (Å²) in [7, 11) is 1.26. The molecule has 0 saturated heterocycles. The number of carbonyl (C=O) groups excluding carboxylic acids is 1. The molecule has 3 unspecified atom stereocenters. The van der Waals surface area contributed by atoms with E-state index in [-0.39, 0.29) is 19.1 Å². The van der Waals surface area contributed by atoms with Crippen LogP contribution in [0.25, 0.3) is 0 Å². The van der Waals surface area contributed by atoms with Gasteiger partial charge in [-0.3, -0.25) is 9.36 Å².